The van der Waals surface area contributed by atoms with E-state index in [9.17, 15) is 4.79 Å². The van der Waals surface area contributed by atoms with Gasteiger partial charge in [-0.2, -0.15) is 11.8 Å². The van der Waals surface area contributed by atoms with Crippen LogP contribution in [0.2, 0.25) is 0 Å². The first-order valence-corrected chi connectivity index (χ1v) is 8.53. The van der Waals surface area contributed by atoms with Gasteiger partial charge >= 0.3 is 0 Å². The molecule has 0 aromatic heterocycles. The summed E-state index contributed by atoms with van der Waals surface area (Å²) in [4.78, 5) is 11.8. The molecule has 0 atom stereocenters. The van der Waals surface area contributed by atoms with Gasteiger partial charge in [-0.15, -0.1) is 0 Å². The summed E-state index contributed by atoms with van der Waals surface area (Å²) in [5, 5.41) is 2.93. The Hall–Kier alpha value is -1.16. The number of carbonyl (C=O) groups is 1. The van der Waals surface area contributed by atoms with Crippen LogP contribution in [0.15, 0.2) is 18.2 Å². The molecule has 0 heterocycles. The minimum absolute atomic E-state index is 0.0767. The van der Waals surface area contributed by atoms with Crippen molar-refractivity contribution in [3.05, 3.63) is 23.8 Å². The Bertz CT molecular complexity index is 421. The maximum Gasteiger partial charge on any atom is 0.224 e. The lowest BCUT2D eigenvalue weighted by Gasteiger charge is -2.10. The number of nitrogens with two attached hydrogens (primary N) is 1. The van der Waals surface area contributed by atoms with Crippen LogP contribution < -0.4 is 11.1 Å². The minimum atomic E-state index is 0.0767. The molecule has 112 valence electrons. The van der Waals surface area contributed by atoms with Gasteiger partial charge in [0.25, 0.3) is 0 Å². The number of carbonyl (C=O) groups excluding carboxylic acids is 1. The SMILES string of the molecule is CCCCCSCCCC(=O)Nc1cccc(N)c1C. The number of thioether (sulfide) groups is 1. The van der Waals surface area contributed by atoms with Crippen LogP contribution in [0.25, 0.3) is 0 Å². The van der Waals surface area contributed by atoms with Crippen molar-refractivity contribution in [3.63, 3.8) is 0 Å². The zero-order valence-electron chi connectivity index (χ0n) is 12.6. The third kappa shape index (κ3) is 6.33. The van der Waals surface area contributed by atoms with Crippen LogP contribution in [0, 0.1) is 6.92 Å². The monoisotopic (exact) mass is 294 g/mol. The topological polar surface area (TPSA) is 55.1 Å². The number of unbranched alkanes of at least 4 members (excludes halogenated alkanes) is 2. The summed E-state index contributed by atoms with van der Waals surface area (Å²) in [7, 11) is 0. The van der Waals surface area contributed by atoms with Crippen molar-refractivity contribution in [3.8, 4) is 0 Å². The molecule has 1 aromatic carbocycles. The molecule has 3 nitrogen and oxygen atoms in total. The van der Waals surface area contributed by atoms with Gasteiger partial charge in [0, 0.05) is 17.8 Å². The maximum atomic E-state index is 11.8. The molecular formula is C16H26N2OS. The second-order valence-corrected chi connectivity index (χ2v) is 6.22. The molecule has 0 radical (unpaired) electrons. The highest BCUT2D eigenvalue weighted by atomic mass is 32.2. The Balaban J connectivity index is 2.19. The molecule has 0 fully saturated rings. The lowest BCUT2D eigenvalue weighted by atomic mass is 10.1. The van der Waals surface area contributed by atoms with Crippen molar-refractivity contribution in [1.29, 1.82) is 0 Å². The van der Waals surface area contributed by atoms with Gasteiger partial charge in [0.1, 0.15) is 0 Å². The zero-order valence-corrected chi connectivity index (χ0v) is 13.4. The Morgan fingerprint density at radius 2 is 2.00 bits per heavy atom. The Labute approximate surface area is 126 Å². The van der Waals surface area contributed by atoms with Gasteiger partial charge in [-0.25, -0.2) is 0 Å². The fourth-order valence-electron chi connectivity index (χ4n) is 1.89. The maximum absolute atomic E-state index is 11.8. The number of nitrogens with one attached hydrogen (secondary N) is 1. The zero-order chi connectivity index (χ0) is 14.8. The summed E-state index contributed by atoms with van der Waals surface area (Å²) in [5.41, 5.74) is 8.30. The number of rotatable bonds is 9. The van der Waals surface area contributed by atoms with Gasteiger partial charge in [0.15, 0.2) is 0 Å². The summed E-state index contributed by atoms with van der Waals surface area (Å²) < 4.78 is 0. The summed E-state index contributed by atoms with van der Waals surface area (Å²) in [6, 6.07) is 5.60. The second-order valence-electron chi connectivity index (χ2n) is 4.99. The first kappa shape index (κ1) is 16.9. The largest absolute Gasteiger partial charge is 0.398 e. The average molecular weight is 294 g/mol. The highest BCUT2D eigenvalue weighted by molar-refractivity contribution is 7.99. The van der Waals surface area contributed by atoms with E-state index in [1.54, 1.807) is 0 Å². The fraction of sp³-hybridized carbons (Fsp3) is 0.562. The third-order valence-corrected chi connectivity index (χ3v) is 4.39. The normalized spacial score (nSPS) is 10.5. The van der Waals surface area contributed by atoms with E-state index < -0.39 is 0 Å². The van der Waals surface area contributed by atoms with E-state index >= 15 is 0 Å². The second kappa shape index (κ2) is 9.70. The molecule has 1 rings (SSSR count). The van der Waals surface area contributed by atoms with Gasteiger partial charge < -0.3 is 11.1 Å². The first-order valence-electron chi connectivity index (χ1n) is 7.37. The van der Waals surface area contributed by atoms with Gasteiger partial charge in [-0.05, 0) is 49.0 Å². The molecule has 0 bridgehead atoms. The van der Waals surface area contributed by atoms with Crippen molar-refractivity contribution in [2.75, 3.05) is 22.6 Å². The van der Waals surface area contributed by atoms with Crippen LogP contribution >= 0.6 is 11.8 Å². The summed E-state index contributed by atoms with van der Waals surface area (Å²) in [6.45, 7) is 4.14. The van der Waals surface area contributed by atoms with Gasteiger partial charge in [-0.1, -0.05) is 25.8 Å². The van der Waals surface area contributed by atoms with Crippen LogP contribution in [0.3, 0.4) is 0 Å². The molecular weight excluding hydrogens is 268 g/mol. The highest BCUT2D eigenvalue weighted by Crippen LogP contribution is 2.20. The minimum Gasteiger partial charge on any atom is -0.398 e. The molecule has 0 aliphatic carbocycles. The molecule has 1 aromatic rings. The summed E-state index contributed by atoms with van der Waals surface area (Å²) >= 11 is 1.95. The van der Waals surface area contributed by atoms with Crippen LogP contribution in [0.4, 0.5) is 11.4 Å². The number of amides is 1. The van der Waals surface area contributed by atoms with E-state index in [0.717, 1.165) is 23.4 Å². The molecule has 0 saturated heterocycles. The number of hydrogen-bond donors (Lipinski definition) is 2. The molecule has 20 heavy (non-hydrogen) atoms. The van der Waals surface area contributed by atoms with Crippen LogP contribution in [-0.4, -0.2) is 17.4 Å². The van der Waals surface area contributed by atoms with E-state index in [4.69, 9.17) is 5.73 Å². The van der Waals surface area contributed by atoms with E-state index in [1.807, 2.05) is 36.9 Å². The Kier molecular flexibility index (Phi) is 8.19. The van der Waals surface area contributed by atoms with E-state index in [-0.39, 0.29) is 5.91 Å². The number of hydrogen-bond acceptors (Lipinski definition) is 3. The quantitative estimate of drug-likeness (QED) is 0.529. The molecule has 1 amide bonds. The standard InChI is InChI=1S/C16H26N2OS/c1-3-4-5-11-20-12-7-10-16(19)18-15-9-6-8-14(17)13(15)2/h6,8-9H,3-5,7,10-12,17H2,1-2H3,(H,18,19). The van der Waals surface area contributed by atoms with Crippen molar-refractivity contribution in [1.82, 2.24) is 0 Å². The summed E-state index contributed by atoms with van der Waals surface area (Å²) in [5.74, 6) is 2.35. The molecule has 0 spiro atoms. The summed E-state index contributed by atoms with van der Waals surface area (Å²) in [6.07, 6.45) is 5.37. The van der Waals surface area contributed by atoms with Crippen LogP contribution in [-0.2, 0) is 4.79 Å². The molecule has 0 aliphatic rings. The first-order chi connectivity index (χ1) is 9.65. The van der Waals surface area contributed by atoms with Crippen LogP contribution in [0.1, 0.15) is 44.6 Å². The Morgan fingerprint density at radius 1 is 1.25 bits per heavy atom. The van der Waals surface area contributed by atoms with Crippen molar-refractivity contribution in [2.45, 2.75) is 46.0 Å². The molecule has 3 N–H and O–H groups in total. The molecule has 4 heteroatoms. The molecule has 0 saturated carbocycles. The molecule has 0 aliphatic heterocycles. The smallest absolute Gasteiger partial charge is 0.224 e. The predicted octanol–water partition coefficient (Wildman–Crippen LogP) is 4.22. The van der Waals surface area contributed by atoms with Crippen molar-refractivity contribution < 1.29 is 4.79 Å². The lowest BCUT2D eigenvalue weighted by Crippen LogP contribution is -2.12. The number of benzene rings is 1. The van der Waals surface area contributed by atoms with Crippen LogP contribution in [0.5, 0.6) is 0 Å². The molecule has 0 unspecified atom stereocenters. The third-order valence-electron chi connectivity index (χ3n) is 3.23. The van der Waals surface area contributed by atoms with Crippen molar-refractivity contribution >= 4 is 29.0 Å². The Morgan fingerprint density at radius 3 is 2.75 bits per heavy atom. The van der Waals surface area contributed by atoms with Gasteiger partial charge in [0.05, 0.1) is 0 Å². The average Bonchev–Trinajstić information content (AvgIpc) is 2.43. The van der Waals surface area contributed by atoms with Gasteiger partial charge in [-0.3, -0.25) is 4.79 Å². The van der Waals surface area contributed by atoms with E-state index in [2.05, 4.69) is 12.2 Å². The van der Waals surface area contributed by atoms with Crippen molar-refractivity contribution in [2.24, 2.45) is 0 Å². The fourth-order valence-corrected chi connectivity index (χ4v) is 2.85. The van der Waals surface area contributed by atoms with E-state index in [0.29, 0.717) is 12.1 Å². The lowest BCUT2D eigenvalue weighted by molar-refractivity contribution is -0.116. The predicted molar refractivity (Wildman–Crippen MR) is 90.3 cm³/mol. The number of nitrogen functional groups attached to an aromatic ring is 1. The highest BCUT2D eigenvalue weighted by Gasteiger charge is 2.06. The number of anilines is 2. The van der Waals surface area contributed by atoms with E-state index in [1.165, 1.54) is 25.0 Å². The van der Waals surface area contributed by atoms with Gasteiger partial charge in [0.2, 0.25) is 5.91 Å².